The Morgan fingerprint density at radius 3 is 2.18 bits per heavy atom. The van der Waals surface area contributed by atoms with Crippen LogP contribution in [0.2, 0.25) is 0 Å². The van der Waals surface area contributed by atoms with Crippen LogP contribution in [0.15, 0.2) is 42.6 Å². The van der Waals surface area contributed by atoms with Crippen LogP contribution < -0.4 is 15.4 Å². The van der Waals surface area contributed by atoms with Gasteiger partial charge in [-0.15, -0.1) is 0 Å². The molecule has 0 aliphatic heterocycles. The summed E-state index contributed by atoms with van der Waals surface area (Å²) in [5, 5.41) is 6.10. The van der Waals surface area contributed by atoms with Gasteiger partial charge in [-0.1, -0.05) is 0 Å². The fourth-order valence-electron chi connectivity index (χ4n) is 1.85. The molecule has 22 heavy (non-hydrogen) atoms. The van der Waals surface area contributed by atoms with Crippen LogP contribution in [0.4, 0.5) is 11.4 Å². The van der Waals surface area contributed by atoms with E-state index in [1.165, 1.54) is 0 Å². The first kappa shape index (κ1) is 15.8. The van der Waals surface area contributed by atoms with Crippen LogP contribution >= 0.6 is 0 Å². The second-order valence-electron chi connectivity index (χ2n) is 5.99. The van der Waals surface area contributed by atoms with Crippen molar-refractivity contribution >= 4 is 17.3 Å². The quantitative estimate of drug-likeness (QED) is 0.908. The number of carbonyl (C=O) groups is 1. The standard InChI is InChI=1S/C17H21N3O2/c1-17(2,3)20-16(21)15-10-7-13(11-18-15)19-12-5-8-14(22-4)9-6-12/h5-11,19H,1-4H3,(H,20,21). The Morgan fingerprint density at radius 1 is 1.05 bits per heavy atom. The average Bonchev–Trinajstić information content (AvgIpc) is 2.47. The number of nitrogens with one attached hydrogen (secondary N) is 2. The number of pyridine rings is 1. The number of nitrogens with zero attached hydrogens (tertiary/aromatic N) is 1. The van der Waals surface area contributed by atoms with Crippen molar-refractivity contribution in [2.45, 2.75) is 26.3 Å². The summed E-state index contributed by atoms with van der Waals surface area (Å²) in [6, 6.07) is 11.1. The SMILES string of the molecule is COc1ccc(Nc2ccc(C(=O)NC(C)(C)C)nc2)cc1. The molecule has 0 saturated heterocycles. The third kappa shape index (κ3) is 4.48. The Bertz CT molecular complexity index is 628. The Morgan fingerprint density at radius 2 is 1.68 bits per heavy atom. The summed E-state index contributed by atoms with van der Waals surface area (Å²) in [5.74, 6) is 0.626. The van der Waals surface area contributed by atoms with E-state index in [-0.39, 0.29) is 11.4 Å². The Balaban J connectivity index is 2.03. The minimum Gasteiger partial charge on any atom is -0.497 e. The molecular formula is C17H21N3O2. The lowest BCUT2D eigenvalue weighted by Crippen LogP contribution is -2.40. The minimum absolute atomic E-state index is 0.177. The molecule has 0 saturated carbocycles. The molecule has 1 aromatic carbocycles. The van der Waals surface area contributed by atoms with Crippen LogP contribution in [0.25, 0.3) is 0 Å². The molecule has 5 nitrogen and oxygen atoms in total. The van der Waals surface area contributed by atoms with Crippen LogP contribution in [-0.2, 0) is 0 Å². The molecule has 0 fully saturated rings. The van der Waals surface area contributed by atoms with E-state index < -0.39 is 0 Å². The van der Waals surface area contributed by atoms with Crippen molar-refractivity contribution in [3.63, 3.8) is 0 Å². The largest absolute Gasteiger partial charge is 0.497 e. The monoisotopic (exact) mass is 299 g/mol. The Kier molecular flexibility index (Phi) is 4.65. The van der Waals surface area contributed by atoms with Crippen LogP contribution in [0.3, 0.4) is 0 Å². The topological polar surface area (TPSA) is 63.2 Å². The van der Waals surface area contributed by atoms with E-state index in [4.69, 9.17) is 4.74 Å². The second-order valence-corrected chi connectivity index (χ2v) is 5.99. The van der Waals surface area contributed by atoms with E-state index in [2.05, 4.69) is 15.6 Å². The van der Waals surface area contributed by atoms with Crippen LogP contribution in [0.5, 0.6) is 5.75 Å². The number of rotatable bonds is 4. The van der Waals surface area contributed by atoms with E-state index in [0.29, 0.717) is 5.69 Å². The molecule has 2 rings (SSSR count). The molecule has 0 atom stereocenters. The summed E-state index contributed by atoms with van der Waals surface area (Å²) in [6.45, 7) is 5.81. The maximum Gasteiger partial charge on any atom is 0.270 e. The molecule has 0 radical (unpaired) electrons. The van der Waals surface area contributed by atoms with Crippen molar-refractivity contribution in [1.29, 1.82) is 0 Å². The number of anilines is 2. The summed E-state index contributed by atoms with van der Waals surface area (Å²) in [5.41, 5.74) is 1.86. The minimum atomic E-state index is -0.279. The van der Waals surface area contributed by atoms with Crippen molar-refractivity contribution in [2.75, 3.05) is 12.4 Å². The molecule has 0 bridgehead atoms. The molecule has 5 heteroatoms. The van der Waals surface area contributed by atoms with Crippen molar-refractivity contribution in [1.82, 2.24) is 10.3 Å². The third-order valence-corrected chi connectivity index (χ3v) is 2.86. The first-order chi connectivity index (χ1) is 10.4. The fraction of sp³-hybridized carbons (Fsp3) is 0.294. The van der Waals surface area contributed by atoms with E-state index in [1.807, 2.05) is 51.1 Å². The zero-order chi connectivity index (χ0) is 16.2. The Hall–Kier alpha value is -2.56. The predicted octanol–water partition coefficient (Wildman–Crippen LogP) is 3.36. The van der Waals surface area contributed by atoms with Gasteiger partial charge in [0, 0.05) is 11.2 Å². The lowest BCUT2D eigenvalue weighted by Gasteiger charge is -2.20. The highest BCUT2D eigenvalue weighted by molar-refractivity contribution is 5.92. The van der Waals surface area contributed by atoms with Crippen LogP contribution in [0, 0.1) is 0 Å². The zero-order valence-electron chi connectivity index (χ0n) is 13.3. The summed E-state index contributed by atoms with van der Waals surface area (Å²) in [6.07, 6.45) is 1.64. The van der Waals surface area contributed by atoms with E-state index >= 15 is 0 Å². The molecule has 116 valence electrons. The van der Waals surface area contributed by atoms with Gasteiger partial charge in [-0.2, -0.15) is 0 Å². The number of hydrogen-bond donors (Lipinski definition) is 2. The fourth-order valence-corrected chi connectivity index (χ4v) is 1.85. The molecule has 0 aliphatic carbocycles. The van der Waals surface area contributed by atoms with Crippen molar-refractivity contribution in [3.05, 3.63) is 48.3 Å². The normalized spacial score (nSPS) is 10.9. The van der Waals surface area contributed by atoms with E-state index in [1.54, 1.807) is 19.4 Å². The van der Waals surface area contributed by atoms with Gasteiger partial charge in [0.1, 0.15) is 11.4 Å². The molecule has 0 aliphatic rings. The highest BCUT2D eigenvalue weighted by atomic mass is 16.5. The zero-order valence-corrected chi connectivity index (χ0v) is 13.3. The van der Waals surface area contributed by atoms with Gasteiger partial charge in [0.15, 0.2) is 0 Å². The first-order valence-electron chi connectivity index (χ1n) is 7.07. The molecular weight excluding hydrogens is 278 g/mol. The van der Waals surface area contributed by atoms with Crippen molar-refractivity contribution < 1.29 is 9.53 Å². The van der Waals surface area contributed by atoms with E-state index in [0.717, 1.165) is 17.1 Å². The van der Waals surface area contributed by atoms with Crippen LogP contribution in [-0.4, -0.2) is 23.5 Å². The number of ether oxygens (including phenoxy) is 1. The summed E-state index contributed by atoms with van der Waals surface area (Å²) < 4.78 is 5.12. The highest BCUT2D eigenvalue weighted by Gasteiger charge is 2.15. The van der Waals surface area contributed by atoms with Crippen molar-refractivity contribution in [2.24, 2.45) is 0 Å². The van der Waals surface area contributed by atoms with Gasteiger partial charge in [0.05, 0.1) is 19.0 Å². The molecule has 0 spiro atoms. The molecule has 2 aromatic rings. The van der Waals surface area contributed by atoms with Gasteiger partial charge >= 0.3 is 0 Å². The predicted molar refractivity (Wildman–Crippen MR) is 87.7 cm³/mol. The first-order valence-corrected chi connectivity index (χ1v) is 7.07. The average molecular weight is 299 g/mol. The van der Waals surface area contributed by atoms with Gasteiger partial charge in [0.2, 0.25) is 0 Å². The van der Waals surface area contributed by atoms with Gasteiger partial charge < -0.3 is 15.4 Å². The van der Waals surface area contributed by atoms with Gasteiger partial charge in [0.25, 0.3) is 5.91 Å². The molecule has 2 N–H and O–H groups in total. The van der Waals surface area contributed by atoms with Gasteiger partial charge in [-0.25, -0.2) is 4.98 Å². The molecule has 1 heterocycles. The van der Waals surface area contributed by atoms with Gasteiger partial charge in [-0.3, -0.25) is 4.79 Å². The van der Waals surface area contributed by atoms with Crippen LogP contribution in [0.1, 0.15) is 31.3 Å². The summed E-state index contributed by atoms with van der Waals surface area (Å²) in [7, 11) is 1.63. The number of amides is 1. The Labute approximate surface area is 130 Å². The maximum atomic E-state index is 12.0. The smallest absolute Gasteiger partial charge is 0.270 e. The number of methoxy groups -OCH3 is 1. The van der Waals surface area contributed by atoms with E-state index in [9.17, 15) is 4.79 Å². The lowest BCUT2D eigenvalue weighted by atomic mass is 10.1. The number of carbonyl (C=O) groups excluding carboxylic acids is 1. The van der Waals surface area contributed by atoms with Crippen molar-refractivity contribution in [3.8, 4) is 5.75 Å². The molecule has 0 unspecified atom stereocenters. The van der Waals surface area contributed by atoms with Gasteiger partial charge in [-0.05, 0) is 57.2 Å². The summed E-state index contributed by atoms with van der Waals surface area (Å²) in [4.78, 5) is 16.2. The molecule has 1 amide bonds. The third-order valence-electron chi connectivity index (χ3n) is 2.86. The lowest BCUT2D eigenvalue weighted by molar-refractivity contribution is 0.0914. The maximum absolute atomic E-state index is 12.0. The molecule has 1 aromatic heterocycles. The second kappa shape index (κ2) is 6.47. The number of aromatic nitrogens is 1. The number of benzene rings is 1. The summed E-state index contributed by atoms with van der Waals surface area (Å²) >= 11 is 0. The number of hydrogen-bond acceptors (Lipinski definition) is 4. The highest BCUT2D eigenvalue weighted by Crippen LogP contribution is 2.19.